The number of hydrogen-bond acceptors (Lipinski definition) is 6. The first-order chi connectivity index (χ1) is 18.0. The average Bonchev–Trinajstić information content (AvgIpc) is 3.55. The average molecular weight is 548 g/mol. The van der Waals surface area contributed by atoms with E-state index >= 15 is 0 Å². The van der Waals surface area contributed by atoms with E-state index in [1.165, 1.54) is 42.5 Å². The monoisotopic (exact) mass is 548 g/mol. The van der Waals surface area contributed by atoms with Crippen LogP contribution < -0.4 is 9.62 Å². The summed E-state index contributed by atoms with van der Waals surface area (Å²) in [6, 6.07) is 11.3. The van der Waals surface area contributed by atoms with Crippen LogP contribution in [0.15, 0.2) is 65.2 Å². The van der Waals surface area contributed by atoms with E-state index in [1.54, 1.807) is 0 Å². The highest BCUT2D eigenvalue weighted by Crippen LogP contribution is 2.46. The second kappa shape index (κ2) is 9.40. The summed E-state index contributed by atoms with van der Waals surface area (Å²) < 4.78 is 82.8. The van der Waals surface area contributed by atoms with E-state index in [4.69, 9.17) is 4.42 Å². The maximum absolute atomic E-state index is 13.6. The summed E-state index contributed by atoms with van der Waals surface area (Å²) in [5, 5.41) is 13.2. The van der Waals surface area contributed by atoms with Gasteiger partial charge in [-0.2, -0.15) is 13.2 Å². The number of phenolic OH excluding ortho intramolecular Hbond substituents is 1. The number of aromatic hydroxyl groups is 1. The summed E-state index contributed by atoms with van der Waals surface area (Å²) in [7, 11) is 0. The number of alkyl halides is 3. The lowest BCUT2D eigenvalue weighted by molar-refractivity contribution is -0.137. The number of aromatic nitrogens is 1. The molecule has 2 aromatic heterocycles. The Labute approximate surface area is 215 Å². The standard InChI is InChI=1S/C25H19F4N3O5S/c26-17-3-6-21-15(10-17)11-22(37-21)32(38(35)36)24(7-8-24)23(34)31-12-14-1-5-20(33)18(9-14)19-4-2-16(13-30-19)25(27,28)29/h1-6,9-11,13,33H,7-8,12H2,(H,31,34)(H,35,36)/p-1. The molecule has 2 aromatic carbocycles. The number of fused-ring (bicyclic) bond motifs is 1. The summed E-state index contributed by atoms with van der Waals surface area (Å²) in [6.07, 6.45) is -3.47. The summed E-state index contributed by atoms with van der Waals surface area (Å²) in [5.74, 6) is -1.49. The minimum Gasteiger partial charge on any atom is -0.755 e. The van der Waals surface area contributed by atoms with Gasteiger partial charge in [0.25, 0.3) is 0 Å². The Kier molecular flexibility index (Phi) is 6.35. The van der Waals surface area contributed by atoms with Crippen LogP contribution in [0.25, 0.3) is 22.2 Å². The van der Waals surface area contributed by atoms with Crippen LogP contribution in [-0.2, 0) is 28.8 Å². The normalized spacial score (nSPS) is 15.3. The van der Waals surface area contributed by atoms with Gasteiger partial charge in [-0.3, -0.25) is 18.3 Å². The Morgan fingerprint density at radius 3 is 2.55 bits per heavy atom. The van der Waals surface area contributed by atoms with Gasteiger partial charge in [0.05, 0.1) is 22.5 Å². The molecule has 2 N–H and O–H groups in total. The Morgan fingerprint density at radius 2 is 1.92 bits per heavy atom. The van der Waals surface area contributed by atoms with Crippen LogP contribution in [0.2, 0.25) is 0 Å². The van der Waals surface area contributed by atoms with Gasteiger partial charge in [-0.25, -0.2) is 4.39 Å². The molecule has 0 spiro atoms. The van der Waals surface area contributed by atoms with E-state index in [0.717, 1.165) is 16.4 Å². The highest BCUT2D eigenvalue weighted by Gasteiger charge is 2.56. The lowest BCUT2D eigenvalue weighted by atomic mass is 10.1. The van der Waals surface area contributed by atoms with E-state index in [0.29, 0.717) is 17.1 Å². The number of amides is 1. The van der Waals surface area contributed by atoms with E-state index in [2.05, 4.69) is 10.3 Å². The molecule has 2 heterocycles. The fraction of sp³-hybridized carbons (Fsp3) is 0.200. The minimum atomic E-state index is -4.56. The number of nitrogens with zero attached hydrogens (tertiary/aromatic N) is 2. The molecule has 13 heteroatoms. The number of carbonyl (C=O) groups excluding carboxylic acids is 1. The summed E-state index contributed by atoms with van der Waals surface area (Å²) >= 11 is -2.89. The zero-order valence-corrected chi connectivity index (χ0v) is 20.1. The number of hydrogen-bond donors (Lipinski definition) is 2. The number of anilines is 1. The van der Waals surface area contributed by atoms with E-state index < -0.39 is 40.3 Å². The van der Waals surface area contributed by atoms with Crippen LogP contribution in [-0.4, -0.2) is 30.3 Å². The maximum atomic E-state index is 13.6. The smallest absolute Gasteiger partial charge is 0.417 e. The zero-order chi connectivity index (χ0) is 27.2. The molecule has 1 unspecified atom stereocenters. The van der Waals surface area contributed by atoms with Crippen LogP contribution in [0.5, 0.6) is 5.75 Å². The molecule has 1 amide bonds. The Balaban J connectivity index is 1.35. The van der Waals surface area contributed by atoms with Gasteiger partial charge in [0.15, 0.2) is 0 Å². The number of benzene rings is 2. The topological polar surface area (TPSA) is 119 Å². The zero-order valence-electron chi connectivity index (χ0n) is 19.3. The largest absolute Gasteiger partial charge is 0.755 e. The Morgan fingerprint density at radius 1 is 1.16 bits per heavy atom. The second-order valence-corrected chi connectivity index (χ2v) is 9.57. The van der Waals surface area contributed by atoms with Crippen molar-refractivity contribution in [2.75, 3.05) is 4.31 Å². The van der Waals surface area contributed by atoms with Crippen molar-refractivity contribution in [1.29, 1.82) is 0 Å². The molecule has 5 rings (SSSR count). The summed E-state index contributed by atoms with van der Waals surface area (Å²) in [4.78, 5) is 16.9. The van der Waals surface area contributed by atoms with Crippen LogP contribution in [0.4, 0.5) is 23.4 Å². The van der Waals surface area contributed by atoms with Crippen LogP contribution in [0.3, 0.4) is 0 Å². The number of rotatable bonds is 7. The van der Waals surface area contributed by atoms with Crippen molar-refractivity contribution in [3.8, 4) is 17.0 Å². The summed E-state index contributed by atoms with van der Waals surface area (Å²) in [5.41, 5.74) is -1.39. The van der Waals surface area contributed by atoms with E-state index in [9.17, 15) is 36.2 Å². The van der Waals surface area contributed by atoms with Crippen LogP contribution >= 0.6 is 0 Å². The minimum absolute atomic E-state index is 0.0703. The molecule has 38 heavy (non-hydrogen) atoms. The number of pyridine rings is 1. The third kappa shape index (κ3) is 4.82. The number of nitrogens with one attached hydrogen (secondary N) is 1. The van der Waals surface area contributed by atoms with Crippen molar-refractivity contribution in [2.24, 2.45) is 0 Å². The van der Waals surface area contributed by atoms with Gasteiger partial charge in [0.2, 0.25) is 11.8 Å². The number of carbonyl (C=O) groups is 1. The van der Waals surface area contributed by atoms with Crippen molar-refractivity contribution in [3.05, 3.63) is 77.7 Å². The first-order valence-electron chi connectivity index (χ1n) is 11.2. The number of halogens is 4. The highest BCUT2D eigenvalue weighted by atomic mass is 32.2. The molecule has 1 fully saturated rings. The van der Waals surface area contributed by atoms with Crippen LogP contribution in [0, 0.1) is 5.82 Å². The molecule has 0 aliphatic heterocycles. The third-order valence-electron chi connectivity index (χ3n) is 6.23. The van der Waals surface area contributed by atoms with Crippen molar-refractivity contribution in [1.82, 2.24) is 10.3 Å². The summed E-state index contributed by atoms with van der Waals surface area (Å²) in [6.45, 7) is -0.0703. The van der Waals surface area contributed by atoms with Gasteiger partial charge in [-0.1, -0.05) is 6.07 Å². The molecule has 1 atom stereocenters. The second-order valence-electron chi connectivity index (χ2n) is 8.77. The molecular weight excluding hydrogens is 530 g/mol. The molecule has 8 nitrogen and oxygen atoms in total. The van der Waals surface area contributed by atoms with Crippen molar-refractivity contribution in [3.63, 3.8) is 0 Å². The molecule has 0 saturated heterocycles. The van der Waals surface area contributed by atoms with Gasteiger partial charge >= 0.3 is 6.18 Å². The van der Waals surface area contributed by atoms with Crippen LogP contribution in [0.1, 0.15) is 24.0 Å². The molecule has 1 aliphatic carbocycles. The van der Waals surface area contributed by atoms with Crippen molar-refractivity contribution in [2.45, 2.75) is 31.1 Å². The third-order valence-corrected chi connectivity index (χ3v) is 7.06. The predicted molar refractivity (Wildman–Crippen MR) is 128 cm³/mol. The lowest BCUT2D eigenvalue weighted by Crippen LogP contribution is -2.50. The van der Waals surface area contributed by atoms with Crippen molar-refractivity contribution < 1.29 is 40.6 Å². The fourth-order valence-electron chi connectivity index (χ4n) is 4.13. The Hall–Kier alpha value is -3.97. The van der Waals surface area contributed by atoms with Gasteiger partial charge in [0, 0.05) is 29.8 Å². The fourth-order valence-corrected chi connectivity index (χ4v) is 4.92. The quantitative estimate of drug-likeness (QED) is 0.253. The molecule has 1 saturated carbocycles. The van der Waals surface area contributed by atoms with E-state index in [-0.39, 0.29) is 47.9 Å². The molecular formula is C25H18F4N3O5S-. The number of furan rings is 1. The van der Waals surface area contributed by atoms with Gasteiger partial charge < -0.3 is 19.4 Å². The number of phenols is 1. The molecule has 198 valence electrons. The predicted octanol–water partition coefficient (Wildman–Crippen LogP) is 4.81. The van der Waals surface area contributed by atoms with Gasteiger partial charge in [-0.15, -0.1) is 0 Å². The van der Waals surface area contributed by atoms with E-state index in [1.807, 2.05) is 0 Å². The SMILES string of the molecule is O=C(NCc1ccc(O)c(-c2ccc(C(F)(F)F)cn2)c1)C1(N(c2cc3cc(F)ccc3o2)S(=O)[O-])CC1. The van der Waals surface area contributed by atoms with Gasteiger partial charge in [-0.05, 0) is 60.9 Å². The molecule has 4 aromatic rings. The van der Waals surface area contributed by atoms with Crippen molar-refractivity contribution >= 4 is 34.0 Å². The Bertz CT molecular complexity index is 1550. The highest BCUT2D eigenvalue weighted by molar-refractivity contribution is 7.80. The molecule has 1 aliphatic rings. The molecule has 0 bridgehead atoms. The first kappa shape index (κ1) is 25.7. The molecule has 0 radical (unpaired) electrons. The van der Waals surface area contributed by atoms with Gasteiger partial charge in [0.1, 0.15) is 22.7 Å². The lowest BCUT2D eigenvalue weighted by Gasteiger charge is -2.31. The maximum Gasteiger partial charge on any atom is 0.417 e. The first-order valence-corrected chi connectivity index (χ1v) is 12.2.